The molecule has 0 radical (unpaired) electrons. The highest BCUT2D eigenvalue weighted by Gasteiger charge is 2.49. The van der Waals surface area contributed by atoms with Crippen molar-refractivity contribution in [2.24, 2.45) is 5.41 Å². The Labute approximate surface area is 103 Å². The van der Waals surface area contributed by atoms with E-state index in [1.54, 1.807) is 4.90 Å². The van der Waals surface area contributed by atoms with E-state index in [-0.39, 0.29) is 17.6 Å². The number of aliphatic hydroxyl groups is 1. The Balaban J connectivity index is 1.99. The largest absolute Gasteiger partial charge is 0.444 e. The van der Waals surface area contributed by atoms with Crippen molar-refractivity contribution < 1.29 is 14.6 Å². The molecule has 1 aliphatic carbocycles. The summed E-state index contributed by atoms with van der Waals surface area (Å²) in [5, 5.41) is 10.1. The van der Waals surface area contributed by atoms with Gasteiger partial charge in [0, 0.05) is 12.0 Å². The van der Waals surface area contributed by atoms with Crippen LogP contribution in [0.1, 0.15) is 46.5 Å². The number of rotatable bonds is 0. The standard InChI is InChI=1S/C13H23NO3/c1-12(2,3)17-11(16)14-8-10(15)13(9-14)6-4-5-7-13/h10,15H,4-9H2,1-3H3. The summed E-state index contributed by atoms with van der Waals surface area (Å²) in [5.74, 6) is 0. The minimum Gasteiger partial charge on any atom is -0.444 e. The summed E-state index contributed by atoms with van der Waals surface area (Å²) < 4.78 is 5.35. The molecule has 1 saturated carbocycles. The van der Waals surface area contributed by atoms with Crippen LogP contribution in [-0.2, 0) is 4.74 Å². The number of ether oxygens (including phenoxy) is 1. The van der Waals surface area contributed by atoms with Crippen LogP contribution in [0.25, 0.3) is 0 Å². The minimum absolute atomic E-state index is 0.0447. The van der Waals surface area contributed by atoms with Gasteiger partial charge < -0.3 is 14.7 Å². The molecule has 2 rings (SSSR count). The van der Waals surface area contributed by atoms with Gasteiger partial charge in [0.15, 0.2) is 0 Å². The summed E-state index contributed by atoms with van der Waals surface area (Å²) in [6, 6.07) is 0. The fourth-order valence-electron chi connectivity index (χ4n) is 2.99. The van der Waals surface area contributed by atoms with Gasteiger partial charge in [-0.3, -0.25) is 0 Å². The molecule has 2 aliphatic rings. The first kappa shape index (κ1) is 12.7. The van der Waals surface area contributed by atoms with Crippen LogP contribution < -0.4 is 0 Å². The molecule has 2 fully saturated rings. The van der Waals surface area contributed by atoms with Crippen molar-refractivity contribution in [3.05, 3.63) is 0 Å². The molecule has 98 valence electrons. The summed E-state index contributed by atoms with van der Waals surface area (Å²) >= 11 is 0. The normalized spacial score (nSPS) is 27.8. The van der Waals surface area contributed by atoms with Gasteiger partial charge in [0.2, 0.25) is 0 Å². The second-order valence-corrected chi connectivity index (χ2v) is 6.45. The van der Waals surface area contributed by atoms with Gasteiger partial charge in [0.05, 0.1) is 12.6 Å². The van der Waals surface area contributed by atoms with Crippen molar-refractivity contribution in [2.75, 3.05) is 13.1 Å². The molecule has 4 heteroatoms. The van der Waals surface area contributed by atoms with E-state index in [1.807, 2.05) is 20.8 Å². The zero-order valence-electron chi connectivity index (χ0n) is 11.0. The Bertz CT molecular complexity index is 302. The third-order valence-electron chi connectivity index (χ3n) is 3.86. The van der Waals surface area contributed by atoms with Crippen LogP contribution in [0.15, 0.2) is 0 Å². The highest BCUT2D eigenvalue weighted by Crippen LogP contribution is 2.45. The van der Waals surface area contributed by atoms with Gasteiger partial charge >= 0.3 is 6.09 Å². The lowest BCUT2D eigenvalue weighted by Crippen LogP contribution is -2.36. The number of carbonyl (C=O) groups excluding carboxylic acids is 1. The van der Waals surface area contributed by atoms with Crippen molar-refractivity contribution in [1.29, 1.82) is 0 Å². The molecule has 4 nitrogen and oxygen atoms in total. The number of carbonyl (C=O) groups is 1. The maximum absolute atomic E-state index is 11.9. The molecule has 0 aromatic heterocycles. The van der Waals surface area contributed by atoms with Gasteiger partial charge in [-0.15, -0.1) is 0 Å². The van der Waals surface area contributed by atoms with Crippen molar-refractivity contribution in [3.8, 4) is 0 Å². The van der Waals surface area contributed by atoms with Crippen molar-refractivity contribution in [2.45, 2.75) is 58.2 Å². The number of hydrogen-bond acceptors (Lipinski definition) is 3. The van der Waals surface area contributed by atoms with Crippen LogP contribution in [0.2, 0.25) is 0 Å². The number of likely N-dealkylation sites (tertiary alicyclic amines) is 1. The van der Waals surface area contributed by atoms with Crippen LogP contribution in [0.5, 0.6) is 0 Å². The Morgan fingerprint density at radius 3 is 2.47 bits per heavy atom. The fourth-order valence-corrected chi connectivity index (χ4v) is 2.99. The average molecular weight is 241 g/mol. The quantitative estimate of drug-likeness (QED) is 0.707. The molecule has 17 heavy (non-hydrogen) atoms. The zero-order chi connectivity index (χ0) is 12.7. The summed E-state index contributed by atoms with van der Waals surface area (Å²) in [6.07, 6.45) is 3.73. The van der Waals surface area contributed by atoms with Gasteiger partial charge in [0.25, 0.3) is 0 Å². The predicted molar refractivity (Wildman–Crippen MR) is 64.7 cm³/mol. The van der Waals surface area contributed by atoms with Crippen molar-refractivity contribution >= 4 is 6.09 Å². The molecule has 1 amide bonds. The molecule has 1 spiro atoms. The third-order valence-corrected chi connectivity index (χ3v) is 3.86. The smallest absolute Gasteiger partial charge is 0.410 e. The summed E-state index contributed by atoms with van der Waals surface area (Å²) in [4.78, 5) is 13.6. The van der Waals surface area contributed by atoms with Gasteiger partial charge in [0.1, 0.15) is 5.60 Å². The SMILES string of the molecule is CC(C)(C)OC(=O)N1CC(O)C2(CCCC2)C1. The van der Waals surface area contributed by atoms with Gasteiger partial charge in [-0.2, -0.15) is 0 Å². The van der Waals surface area contributed by atoms with E-state index in [9.17, 15) is 9.90 Å². The van der Waals surface area contributed by atoms with Crippen molar-refractivity contribution in [1.82, 2.24) is 4.90 Å². The van der Waals surface area contributed by atoms with E-state index in [1.165, 1.54) is 12.8 Å². The van der Waals surface area contributed by atoms with Gasteiger partial charge in [-0.1, -0.05) is 12.8 Å². The first-order valence-corrected chi connectivity index (χ1v) is 6.48. The molecule has 1 saturated heterocycles. The number of aliphatic hydroxyl groups excluding tert-OH is 1. The molecule has 1 N–H and O–H groups in total. The van der Waals surface area contributed by atoms with Crippen LogP contribution in [-0.4, -0.2) is 40.9 Å². The lowest BCUT2D eigenvalue weighted by atomic mass is 9.83. The highest BCUT2D eigenvalue weighted by atomic mass is 16.6. The van der Waals surface area contributed by atoms with E-state index in [2.05, 4.69) is 0 Å². The predicted octanol–water partition coefficient (Wildman–Crippen LogP) is 2.16. The zero-order valence-corrected chi connectivity index (χ0v) is 11.0. The van der Waals surface area contributed by atoms with Crippen LogP contribution in [0.3, 0.4) is 0 Å². The number of amides is 1. The highest BCUT2D eigenvalue weighted by molar-refractivity contribution is 5.68. The van der Waals surface area contributed by atoms with E-state index in [0.29, 0.717) is 13.1 Å². The van der Waals surface area contributed by atoms with Crippen LogP contribution in [0, 0.1) is 5.41 Å². The monoisotopic (exact) mass is 241 g/mol. The van der Waals surface area contributed by atoms with E-state index >= 15 is 0 Å². The summed E-state index contributed by atoms with van der Waals surface area (Å²) in [6.45, 7) is 6.67. The fraction of sp³-hybridized carbons (Fsp3) is 0.923. The molecule has 0 bridgehead atoms. The molecule has 1 unspecified atom stereocenters. The Morgan fingerprint density at radius 2 is 1.94 bits per heavy atom. The molecular weight excluding hydrogens is 218 g/mol. The second kappa shape index (κ2) is 4.16. The second-order valence-electron chi connectivity index (χ2n) is 6.45. The maximum Gasteiger partial charge on any atom is 0.410 e. The first-order valence-electron chi connectivity index (χ1n) is 6.48. The van der Waals surface area contributed by atoms with Crippen LogP contribution >= 0.6 is 0 Å². The third kappa shape index (κ3) is 2.57. The topological polar surface area (TPSA) is 49.8 Å². The van der Waals surface area contributed by atoms with Crippen LogP contribution in [0.4, 0.5) is 4.79 Å². The molecule has 0 aromatic rings. The summed E-state index contributed by atoms with van der Waals surface area (Å²) in [7, 11) is 0. The Morgan fingerprint density at radius 1 is 1.35 bits per heavy atom. The maximum atomic E-state index is 11.9. The van der Waals surface area contributed by atoms with Gasteiger partial charge in [-0.05, 0) is 33.6 Å². The molecular formula is C13H23NO3. The van der Waals surface area contributed by atoms with Gasteiger partial charge in [-0.25, -0.2) is 4.79 Å². The number of nitrogens with zero attached hydrogens (tertiary/aromatic N) is 1. The lowest BCUT2D eigenvalue weighted by Gasteiger charge is -2.27. The summed E-state index contributed by atoms with van der Waals surface area (Å²) in [5.41, 5.74) is -0.510. The van der Waals surface area contributed by atoms with Crippen molar-refractivity contribution in [3.63, 3.8) is 0 Å². The first-order chi connectivity index (χ1) is 7.82. The lowest BCUT2D eigenvalue weighted by molar-refractivity contribution is 0.0268. The van der Waals surface area contributed by atoms with E-state index in [0.717, 1.165) is 12.8 Å². The molecule has 1 heterocycles. The Kier molecular flexibility index (Phi) is 3.10. The number of hydrogen-bond donors (Lipinski definition) is 1. The van der Waals surface area contributed by atoms with E-state index < -0.39 is 5.60 Å². The minimum atomic E-state index is -0.465. The molecule has 1 atom stereocenters. The number of β-amino-alcohol motifs (C(OH)–C–C–N with tert-alkyl or cyclic N) is 1. The average Bonchev–Trinajstić information content (AvgIpc) is 2.74. The van der Waals surface area contributed by atoms with E-state index in [4.69, 9.17) is 4.74 Å². The molecule has 0 aromatic carbocycles. The Hall–Kier alpha value is -0.770. The molecule has 1 aliphatic heterocycles.